The molecule has 1 aromatic rings. The van der Waals surface area contributed by atoms with E-state index in [-0.39, 0.29) is 6.10 Å². The molecule has 2 saturated heterocycles. The van der Waals surface area contributed by atoms with E-state index in [9.17, 15) is 5.11 Å². The summed E-state index contributed by atoms with van der Waals surface area (Å²) in [5.74, 6) is 0. The molecule has 1 aromatic heterocycles. The Morgan fingerprint density at radius 2 is 2.26 bits per heavy atom. The lowest BCUT2D eigenvalue weighted by molar-refractivity contribution is 0.0488. The summed E-state index contributed by atoms with van der Waals surface area (Å²) >= 11 is 0. The molecule has 6 nitrogen and oxygen atoms in total. The number of fused-ring (bicyclic) bond motifs is 1. The van der Waals surface area contributed by atoms with E-state index in [0.717, 1.165) is 26.2 Å². The lowest BCUT2D eigenvalue weighted by Gasteiger charge is -2.38. The van der Waals surface area contributed by atoms with Crippen LogP contribution in [0.25, 0.3) is 0 Å². The number of rotatable bonds is 4. The number of aliphatic hydroxyl groups is 1. The molecule has 2 atom stereocenters. The quantitative estimate of drug-likeness (QED) is 0.775. The van der Waals surface area contributed by atoms with E-state index in [2.05, 4.69) is 14.9 Å². The summed E-state index contributed by atoms with van der Waals surface area (Å²) in [5, 5.41) is 14.3. The van der Waals surface area contributed by atoms with Crippen LogP contribution in [0.2, 0.25) is 0 Å². The molecule has 0 saturated carbocycles. The third-order valence-corrected chi connectivity index (χ3v) is 4.19. The standard InChI is InChI=1S/C13H23N5O/c14-11-6-15-18(7-11)10-13(19)9-16-4-5-17-3-1-2-12(17)8-16/h6-7,12-13,19H,1-5,8-10,14H2. The van der Waals surface area contributed by atoms with Crippen LogP contribution in [0.1, 0.15) is 12.8 Å². The molecule has 2 fully saturated rings. The average molecular weight is 265 g/mol. The van der Waals surface area contributed by atoms with Crippen LogP contribution in [0.3, 0.4) is 0 Å². The number of piperazine rings is 1. The van der Waals surface area contributed by atoms with Crippen LogP contribution in [-0.4, -0.2) is 69.6 Å². The van der Waals surface area contributed by atoms with Crippen LogP contribution in [0.4, 0.5) is 5.69 Å². The Morgan fingerprint density at radius 3 is 3.05 bits per heavy atom. The molecule has 6 heteroatoms. The van der Waals surface area contributed by atoms with Gasteiger partial charge < -0.3 is 10.8 Å². The van der Waals surface area contributed by atoms with Gasteiger partial charge in [-0.1, -0.05) is 0 Å². The molecule has 0 spiro atoms. The Bertz CT molecular complexity index is 421. The number of aromatic nitrogens is 2. The van der Waals surface area contributed by atoms with Crippen LogP contribution >= 0.6 is 0 Å². The van der Waals surface area contributed by atoms with Crippen molar-refractivity contribution in [2.45, 2.75) is 31.5 Å². The molecule has 3 N–H and O–H groups in total. The molecule has 19 heavy (non-hydrogen) atoms. The monoisotopic (exact) mass is 265 g/mol. The first kappa shape index (κ1) is 12.9. The molecule has 2 unspecified atom stereocenters. The lowest BCUT2D eigenvalue weighted by Crippen LogP contribution is -2.52. The maximum absolute atomic E-state index is 10.1. The smallest absolute Gasteiger partial charge is 0.0862 e. The fourth-order valence-corrected chi connectivity index (χ4v) is 3.27. The van der Waals surface area contributed by atoms with Gasteiger partial charge in [-0.15, -0.1) is 0 Å². The van der Waals surface area contributed by atoms with Gasteiger partial charge in [-0.3, -0.25) is 14.5 Å². The van der Waals surface area contributed by atoms with Crippen molar-refractivity contribution in [2.75, 3.05) is 38.5 Å². The zero-order chi connectivity index (χ0) is 13.2. The molecule has 2 aliphatic heterocycles. The van der Waals surface area contributed by atoms with Crippen molar-refractivity contribution in [3.8, 4) is 0 Å². The van der Waals surface area contributed by atoms with Gasteiger partial charge in [0, 0.05) is 38.4 Å². The summed E-state index contributed by atoms with van der Waals surface area (Å²) in [5.41, 5.74) is 6.26. The van der Waals surface area contributed by atoms with Crippen LogP contribution in [0.15, 0.2) is 12.4 Å². The fourth-order valence-electron chi connectivity index (χ4n) is 3.27. The topological polar surface area (TPSA) is 70.5 Å². The van der Waals surface area contributed by atoms with Crippen molar-refractivity contribution in [2.24, 2.45) is 0 Å². The fraction of sp³-hybridized carbons (Fsp3) is 0.769. The van der Waals surface area contributed by atoms with E-state index in [4.69, 9.17) is 5.73 Å². The maximum Gasteiger partial charge on any atom is 0.0862 e. The number of nitrogens with two attached hydrogens (primary N) is 1. The summed E-state index contributed by atoms with van der Waals surface area (Å²) in [7, 11) is 0. The second kappa shape index (κ2) is 5.48. The van der Waals surface area contributed by atoms with Gasteiger partial charge >= 0.3 is 0 Å². The van der Waals surface area contributed by atoms with Crippen molar-refractivity contribution >= 4 is 5.69 Å². The predicted molar refractivity (Wildman–Crippen MR) is 73.7 cm³/mol. The van der Waals surface area contributed by atoms with Gasteiger partial charge in [0.2, 0.25) is 0 Å². The summed E-state index contributed by atoms with van der Waals surface area (Å²) in [6.07, 6.45) is 5.63. The van der Waals surface area contributed by atoms with Gasteiger partial charge in [-0.2, -0.15) is 5.10 Å². The van der Waals surface area contributed by atoms with E-state index in [1.807, 2.05) is 0 Å². The summed E-state index contributed by atoms with van der Waals surface area (Å²) in [6, 6.07) is 0.710. The number of β-amino-alcohol motifs (C(OH)–C–C–N with tert-alkyl or cyclic N) is 1. The molecule has 0 aliphatic carbocycles. The van der Waals surface area contributed by atoms with E-state index >= 15 is 0 Å². The lowest BCUT2D eigenvalue weighted by atomic mass is 10.1. The van der Waals surface area contributed by atoms with Crippen molar-refractivity contribution in [3.63, 3.8) is 0 Å². The van der Waals surface area contributed by atoms with Gasteiger partial charge in [0.15, 0.2) is 0 Å². The minimum absolute atomic E-state index is 0.382. The van der Waals surface area contributed by atoms with Crippen molar-refractivity contribution < 1.29 is 5.11 Å². The Kier molecular flexibility index (Phi) is 3.72. The van der Waals surface area contributed by atoms with Crippen LogP contribution in [-0.2, 0) is 6.54 Å². The van der Waals surface area contributed by atoms with Gasteiger partial charge in [0.05, 0.1) is 24.5 Å². The van der Waals surface area contributed by atoms with E-state index in [0.29, 0.717) is 18.3 Å². The van der Waals surface area contributed by atoms with Crippen LogP contribution in [0, 0.1) is 0 Å². The van der Waals surface area contributed by atoms with Gasteiger partial charge in [-0.25, -0.2) is 0 Å². The first-order chi connectivity index (χ1) is 9.20. The molecule has 0 amide bonds. The largest absolute Gasteiger partial charge is 0.396 e. The summed E-state index contributed by atoms with van der Waals surface area (Å²) in [6.45, 7) is 5.80. The first-order valence-electron chi connectivity index (χ1n) is 7.13. The molecule has 3 rings (SSSR count). The highest BCUT2D eigenvalue weighted by atomic mass is 16.3. The molecule has 3 heterocycles. The zero-order valence-electron chi connectivity index (χ0n) is 11.3. The highest BCUT2D eigenvalue weighted by molar-refractivity contribution is 5.30. The highest BCUT2D eigenvalue weighted by Crippen LogP contribution is 2.21. The average Bonchev–Trinajstić information content (AvgIpc) is 2.97. The number of nitrogens with zero attached hydrogens (tertiary/aromatic N) is 4. The first-order valence-corrected chi connectivity index (χ1v) is 7.13. The van der Waals surface area contributed by atoms with Gasteiger partial charge in [0.25, 0.3) is 0 Å². The highest BCUT2D eigenvalue weighted by Gasteiger charge is 2.30. The van der Waals surface area contributed by atoms with Crippen LogP contribution in [0.5, 0.6) is 0 Å². The molecule has 0 aromatic carbocycles. The van der Waals surface area contributed by atoms with E-state index in [1.165, 1.54) is 19.4 Å². The van der Waals surface area contributed by atoms with Crippen LogP contribution < -0.4 is 5.73 Å². The molecular weight excluding hydrogens is 242 g/mol. The normalized spacial score (nSPS) is 26.5. The summed E-state index contributed by atoms with van der Waals surface area (Å²) < 4.78 is 1.71. The Morgan fingerprint density at radius 1 is 1.37 bits per heavy atom. The number of aliphatic hydroxyl groups excluding tert-OH is 1. The van der Waals surface area contributed by atoms with E-state index < -0.39 is 0 Å². The number of anilines is 1. The van der Waals surface area contributed by atoms with Gasteiger partial charge in [-0.05, 0) is 19.4 Å². The summed E-state index contributed by atoms with van der Waals surface area (Å²) in [4.78, 5) is 4.96. The Balaban J connectivity index is 1.48. The molecule has 106 valence electrons. The maximum atomic E-state index is 10.1. The number of hydrogen-bond acceptors (Lipinski definition) is 5. The third-order valence-electron chi connectivity index (χ3n) is 4.19. The Labute approximate surface area is 113 Å². The number of nitrogen functional groups attached to an aromatic ring is 1. The molecule has 0 radical (unpaired) electrons. The third kappa shape index (κ3) is 3.08. The second-order valence-electron chi connectivity index (χ2n) is 5.74. The van der Waals surface area contributed by atoms with Crippen molar-refractivity contribution in [1.29, 1.82) is 0 Å². The predicted octanol–water partition coefficient (Wildman–Crippen LogP) is -0.394. The molecule has 0 bridgehead atoms. The molecular formula is C13H23N5O. The van der Waals surface area contributed by atoms with Crippen molar-refractivity contribution in [3.05, 3.63) is 12.4 Å². The van der Waals surface area contributed by atoms with E-state index in [1.54, 1.807) is 17.1 Å². The second-order valence-corrected chi connectivity index (χ2v) is 5.74. The van der Waals surface area contributed by atoms with Gasteiger partial charge in [0.1, 0.15) is 0 Å². The zero-order valence-corrected chi connectivity index (χ0v) is 11.3. The SMILES string of the molecule is Nc1cnn(CC(O)CN2CCN3CCCC3C2)c1. The minimum atomic E-state index is -0.382. The number of hydrogen-bond donors (Lipinski definition) is 2. The minimum Gasteiger partial charge on any atom is -0.396 e. The van der Waals surface area contributed by atoms with Crippen molar-refractivity contribution in [1.82, 2.24) is 19.6 Å². The Hall–Kier alpha value is -1.11. The molecule has 2 aliphatic rings.